The number of hydrogen-bond donors (Lipinski definition) is 3. The molecule has 0 bridgehead atoms. The maximum Gasteiger partial charge on any atom is 0.248 e. The van der Waals surface area contributed by atoms with Gasteiger partial charge in [0.1, 0.15) is 17.4 Å². The quantitative estimate of drug-likeness (QED) is 0.209. The van der Waals surface area contributed by atoms with E-state index < -0.39 is 12.0 Å². The minimum atomic E-state index is -0.569. The molecular weight excluding hydrogens is 542 g/mol. The molecule has 4 aromatic rings. The number of nitriles is 1. The zero-order valence-electron chi connectivity index (χ0n) is 23.2. The number of carbonyl (C=O) groups is 1. The molecular formula is C33H29N7O3. The number of fused-ring (bicyclic) bond motifs is 1. The molecule has 10 nitrogen and oxygen atoms in total. The minimum absolute atomic E-state index is 0.240. The van der Waals surface area contributed by atoms with E-state index in [0.29, 0.717) is 40.2 Å². The molecule has 1 amide bonds. The number of aromatic nitrogens is 2. The first-order chi connectivity index (χ1) is 21.1. The Balaban J connectivity index is 1.30. The van der Waals surface area contributed by atoms with Crippen molar-refractivity contribution in [3.05, 3.63) is 103 Å². The molecule has 2 aromatic carbocycles. The third kappa shape index (κ3) is 6.86. The van der Waals surface area contributed by atoms with Crippen molar-refractivity contribution in [2.75, 3.05) is 23.7 Å². The van der Waals surface area contributed by atoms with Crippen LogP contribution < -0.4 is 25.4 Å². The van der Waals surface area contributed by atoms with Gasteiger partial charge in [-0.1, -0.05) is 23.8 Å². The van der Waals surface area contributed by atoms with Gasteiger partial charge in [0, 0.05) is 42.4 Å². The number of nitrogens with zero attached hydrogens (tertiary/aromatic N) is 4. The van der Waals surface area contributed by atoms with Gasteiger partial charge in [-0.3, -0.25) is 14.8 Å². The van der Waals surface area contributed by atoms with Gasteiger partial charge in [0.15, 0.2) is 5.75 Å². The van der Waals surface area contributed by atoms with Gasteiger partial charge >= 0.3 is 0 Å². The number of ether oxygens (including phenoxy) is 2. The molecule has 2 aliphatic rings. The van der Waals surface area contributed by atoms with E-state index in [9.17, 15) is 10.1 Å². The second-order valence-corrected chi connectivity index (χ2v) is 10.1. The molecule has 3 N–H and O–H groups in total. The van der Waals surface area contributed by atoms with E-state index in [1.165, 1.54) is 0 Å². The Kier molecular flexibility index (Phi) is 8.34. The van der Waals surface area contributed by atoms with E-state index in [1.54, 1.807) is 55.1 Å². The number of para-hydroxylation sites is 1. The lowest BCUT2D eigenvalue weighted by molar-refractivity contribution is -0.112. The molecule has 0 aliphatic carbocycles. The highest BCUT2D eigenvalue weighted by molar-refractivity contribution is 6.01. The van der Waals surface area contributed by atoms with Crippen LogP contribution in [0.25, 0.3) is 0 Å². The van der Waals surface area contributed by atoms with Gasteiger partial charge < -0.3 is 25.4 Å². The molecule has 43 heavy (non-hydrogen) atoms. The third-order valence-electron chi connectivity index (χ3n) is 7.09. The van der Waals surface area contributed by atoms with Crippen molar-refractivity contribution >= 4 is 29.2 Å². The highest BCUT2D eigenvalue weighted by Gasteiger charge is 2.30. The Morgan fingerprint density at radius 1 is 1.00 bits per heavy atom. The van der Waals surface area contributed by atoms with Crippen LogP contribution in [0, 0.1) is 17.2 Å². The summed E-state index contributed by atoms with van der Waals surface area (Å²) in [6.45, 7) is 1.70. The lowest BCUT2D eigenvalue weighted by Gasteiger charge is -2.28. The van der Waals surface area contributed by atoms with Gasteiger partial charge in [-0.15, -0.1) is 0 Å². The Morgan fingerprint density at radius 2 is 1.79 bits per heavy atom. The second kappa shape index (κ2) is 13.0. The zero-order chi connectivity index (χ0) is 29.4. The predicted octanol–water partition coefficient (Wildman–Crippen LogP) is 6.32. The van der Waals surface area contributed by atoms with Gasteiger partial charge in [-0.05, 0) is 62.3 Å². The molecule has 2 atom stereocenters. The summed E-state index contributed by atoms with van der Waals surface area (Å²) in [5.74, 6) is 1.32. The number of anilines is 2. The number of nitrogens with one attached hydrogen (secondary N) is 3. The molecule has 214 valence electrons. The number of pyridine rings is 2. The first kappa shape index (κ1) is 27.6. The van der Waals surface area contributed by atoms with Crippen LogP contribution >= 0.6 is 0 Å². The Labute approximate surface area is 249 Å². The SMILES string of the molecule is N#CC1C=Nc2cc(Oc3ccncc3)c(NC(=O)C=C3CCNCC3)cc2C1Nc1ccc(Oc2ccccc2)nc1. The maximum atomic E-state index is 13.1. The van der Waals surface area contributed by atoms with Crippen LogP contribution in [0.5, 0.6) is 23.1 Å². The molecule has 4 heterocycles. The summed E-state index contributed by atoms with van der Waals surface area (Å²) >= 11 is 0. The summed E-state index contributed by atoms with van der Waals surface area (Å²) in [7, 11) is 0. The van der Waals surface area contributed by atoms with Crippen molar-refractivity contribution in [1.82, 2.24) is 15.3 Å². The van der Waals surface area contributed by atoms with Crippen LogP contribution in [0.2, 0.25) is 0 Å². The van der Waals surface area contributed by atoms with Crippen LogP contribution in [0.15, 0.2) is 102 Å². The van der Waals surface area contributed by atoms with Crippen LogP contribution in [-0.4, -0.2) is 35.2 Å². The normalized spacial score (nSPS) is 17.2. The summed E-state index contributed by atoms with van der Waals surface area (Å²) in [4.78, 5) is 26.2. The largest absolute Gasteiger partial charge is 0.455 e. The average molecular weight is 572 g/mol. The van der Waals surface area contributed by atoms with Gasteiger partial charge in [-0.2, -0.15) is 5.26 Å². The summed E-state index contributed by atoms with van der Waals surface area (Å²) in [5, 5.41) is 19.7. The monoisotopic (exact) mass is 571 g/mol. The summed E-state index contributed by atoms with van der Waals surface area (Å²) in [6.07, 6.45) is 9.86. The van der Waals surface area contributed by atoms with E-state index in [0.717, 1.165) is 37.1 Å². The van der Waals surface area contributed by atoms with Crippen LogP contribution in [-0.2, 0) is 4.79 Å². The molecule has 2 unspecified atom stereocenters. The van der Waals surface area contributed by atoms with Crippen molar-refractivity contribution in [1.29, 1.82) is 5.26 Å². The zero-order valence-corrected chi connectivity index (χ0v) is 23.2. The maximum absolute atomic E-state index is 13.1. The van der Waals surface area contributed by atoms with Crippen molar-refractivity contribution in [2.45, 2.75) is 18.9 Å². The molecule has 0 radical (unpaired) electrons. The molecule has 2 aromatic heterocycles. The predicted molar refractivity (Wildman–Crippen MR) is 164 cm³/mol. The lowest BCUT2D eigenvalue weighted by atomic mass is 9.90. The number of piperidine rings is 1. The summed E-state index contributed by atoms with van der Waals surface area (Å²) in [6, 6.07) is 22.0. The van der Waals surface area contributed by atoms with E-state index in [2.05, 4.69) is 37.0 Å². The second-order valence-electron chi connectivity index (χ2n) is 10.1. The highest BCUT2D eigenvalue weighted by Crippen LogP contribution is 2.43. The van der Waals surface area contributed by atoms with E-state index in [-0.39, 0.29) is 5.91 Å². The van der Waals surface area contributed by atoms with Crippen molar-refractivity contribution in [3.63, 3.8) is 0 Å². The Morgan fingerprint density at radius 3 is 2.53 bits per heavy atom. The fourth-order valence-electron chi connectivity index (χ4n) is 4.94. The average Bonchev–Trinajstić information content (AvgIpc) is 3.04. The third-order valence-corrected chi connectivity index (χ3v) is 7.09. The minimum Gasteiger partial charge on any atom is -0.455 e. The number of carbonyl (C=O) groups excluding carboxylic acids is 1. The standard InChI is InChI=1S/C33H29N7O3/c34-19-23-20-37-28-18-30(42-26-10-14-36-15-11-26)29(40-31(41)16-22-8-12-35-13-9-22)17-27(28)33(23)39-24-6-7-32(38-21-24)43-25-4-2-1-3-5-25/h1-7,10-11,14-18,20-21,23,33,35,39H,8-9,12-13H2,(H,40,41). The molecule has 0 spiro atoms. The van der Waals surface area contributed by atoms with Crippen molar-refractivity contribution in [3.8, 4) is 29.2 Å². The molecule has 6 rings (SSSR count). The van der Waals surface area contributed by atoms with Gasteiger partial charge in [0.2, 0.25) is 11.8 Å². The van der Waals surface area contributed by atoms with Crippen LogP contribution in [0.1, 0.15) is 24.4 Å². The smallest absolute Gasteiger partial charge is 0.248 e. The van der Waals surface area contributed by atoms with E-state index >= 15 is 0 Å². The molecule has 0 saturated carbocycles. The Bertz CT molecular complexity index is 1680. The molecule has 10 heteroatoms. The fourth-order valence-corrected chi connectivity index (χ4v) is 4.94. The number of amides is 1. The van der Waals surface area contributed by atoms with E-state index in [1.807, 2.05) is 42.5 Å². The highest BCUT2D eigenvalue weighted by atomic mass is 16.5. The first-order valence-electron chi connectivity index (χ1n) is 14.0. The molecule has 1 saturated heterocycles. The number of rotatable bonds is 8. The molecule has 2 aliphatic heterocycles. The number of benzene rings is 2. The van der Waals surface area contributed by atoms with Gasteiger partial charge in [0.05, 0.1) is 35.4 Å². The summed E-state index contributed by atoms with van der Waals surface area (Å²) < 4.78 is 12.0. The lowest BCUT2D eigenvalue weighted by Crippen LogP contribution is -2.24. The van der Waals surface area contributed by atoms with Crippen LogP contribution in [0.4, 0.5) is 17.1 Å². The van der Waals surface area contributed by atoms with Gasteiger partial charge in [-0.25, -0.2) is 4.98 Å². The van der Waals surface area contributed by atoms with E-state index in [4.69, 9.17) is 9.47 Å². The first-order valence-corrected chi connectivity index (χ1v) is 14.0. The van der Waals surface area contributed by atoms with Crippen LogP contribution in [0.3, 0.4) is 0 Å². The number of aliphatic imine (C=N–C) groups is 1. The summed E-state index contributed by atoms with van der Waals surface area (Å²) in [5.41, 5.74) is 3.62. The van der Waals surface area contributed by atoms with Gasteiger partial charge in [0.25, 0.3) is 0 Å². The number of hydrogen-bond acceptors (Lipinski definition) is 9. The topological polar surface area (TPSA) is 134 Å². The fraction of sp³-hybridized carbons (Fsp3) is 0.182. The van der Waals surface area contributed by atoms with Crippen molar-refractivity contribution < 1.29 is 14.3 Å². The van der Waals surface area contributed by atoms with Crippen molar-refractivity contribution in [2.24, 2.45) is 10.9 Å². The molecule has 1 fully saturated rings. The Hall–Kier alpha value is -5.53.